The van der Waals surface area contributed by atoms with Gasteiger partial charge in [-0.2, -0.15) is 0 Å². The normalized spacial score (nSPS) is 18.9. The van der Waals surface area contributed by atoms with Crippen molar-refractivity contribution < 1.29 is 9.53 Å². The van der Waals surface area contributed by atoms with Crippen LogP contribution in [0.2, 0.25) is 0 Å². The van der Waals surface area contributed by atoms with Gasteiger partial charge in [0.15, 0.2) is 5.69 Å². The Morgan fingerprint density at radius 3 is 2.95 bits per heavy atom. The number of nitrogens with one attached hydrogen (secondary N) is 2. The van der Waals surface area contributed by atoms with Crippen LogP contribution in [0.25, 0.3) is 0 Å². The molecular formula is C13H20N4O2. The van der Waals surface area contributed by atoms with Crippen LogP contribution in [0, 0.1) is 0 Å². The van der Waals surface area contributed by atoms with Crippen molar-refractivity contribution in [1.82, 2.24) is 15.5 Å². The molecule has 6 heteroatoms. The fourth-order valence-electron chi connectivity index (χ4n) is 1.99. The molecule has 1 saturated heterocycles. The number of hydrogen-bond acceptors (Lipinski definition) is 5. The minimum atomic E-state index is -0.197. The summed E-state index contributed by atoms with van der Waals surface area (Å²) in [4.78, 5) is 11.5. The number of carbonyl (C=O) groups excluding carboxylic acids is 1. The van der Waals surface area contributed by atoms with Crippen molar-refractivity contribution in [1.29, 1.82) is 0 Å². The third kappa shape index (κ3) is 4.17. The number of rotatable bonds is 5. The fraction of sp³-hybridized carbons (Fsp3) is 0.615. The van der Waals surface area contributed by atoms with Gasteiger partial charge in [-0.15, -0.1) is 10.2 Å². The van der Waals surface area contributed by atoms with Crippen LogP contribution in [0.1, 0.15) is 36.7 Å². The molecule has 0 aromatic carbocycles. The molecule has 1 aromatic rings. The smallest absolute Gasteiger partial charge is 0.271 e. The quantitative estimate of drug-likeness (QED) is 0.836. The number of ether oxygens (including phenoxy) is 1. The molecule has 1 aromatic heterocycles. The van der Waals surface area contributed by atoms with Gasteiger partial charge in [-0.3, -0.25) is 4.79 Å². The Bertz CT molecular complexity index is 402. The largest absolute Gasteiger partial charge is 0.376 e. The molecule has 1 aliphatic heterocycles. The molecule has 0 bridgehead atoms. The number of hydrogen-bond donors (Lipinski definition) is 2. The summed E-state index contributed by atoms with van der Waals surface area (Å²) in [6, 6.07) is 3.43. The molecule has 1 atom stereocenters. The minimum absolute atomic E-state index is 0.197. The van der Waals surface area contributed by atoms with E-state index in [2.05, 4.69) is 20.8 Å². The van der Waals surface area contributed by atoms with Crippen LogP contribution in [0.5, 0.6) is 0 Å². The highest BCUT2D eigenvalue weighted by Gasteiger charge is 2.13. The first-order valence-corrected chi connectivity index (χ1v) is 6.77. The number of amides is 1. The van der Waals surface area contributed by atoms with Gasteiger partial charge in [-0.25, -0.2) is 0 Å². The van der Waals surface area contributed by atoms with Gasteiger partial charge in [0.2, 0.25) is 0 Å². The lowest BCUT2D eigenvalue weighted by atomic mass is 10.1. The summed E-state index contributed by atoms with van der Waals surface area (Å²) in [5.41, 5.74) is 0.335. The SMILES string of the molecule is CCNC(=O)c1ccc(NCC2CCCCO2)nn1. The molecule has 0 spiro atoms. The lowest BCUT2D eigenvalue weighted by Crippen LogP contribution is -2.27. The highest BCUT2D eigenvalue weighted by molar-refractivity contribution is 5.92. The second-order valence-electron chi connectivity index (χ2n) is 4.53. The van der Waals surface area contributed by atoms with Crippen LogP contribution in [-0.4, -0.2) is 41.9 Å². The molecule has 0 aliphatic carbocycles. The van der Waals surface area contributed by atoms with Crippen molar-refractivity contribution in [2.45, 2.75) is 32.3 Å². The van der Waals surface area contributed by atoms with Crippen LogP contribution in [0.15, 0.2) is 12.1 Å². The third-order valence-electron chi connectivity index (χ3n) is 3.02. The Morgan fingerprint density at radius 2 is 2.32 bits per heavy atom. The van der Waals surface area contributed by atoms with E-state index in [9.17, 15) is 4.79 Å². The monoisotopic (exact) mass is 264 g/mol. The van der Waals surface area contributed by atoms with Crippen molar-refractivity contribution in [3.8, 4) is 0 Å². The summed E-state index contributed by atoms with van der Waals surface area (Å²) in [5.74, 6) is 0.472. The zero-order valence-corrected chi connectivity index (χ0v) is 11.2. The van der Waals surface area contributed by atoms with Crippen molar-refractivity contribution >= 4 is 11.7 Å². The average molecular weight is 264 g/mol. The summed E-state index contributed by atoms with van der Waals surface area (Å²) >= 11 is 0. The highest BCUT2D eigenvalue weighted by Crippen LogP contribution is 2.13. The van der Waals surface area contributed by atoms with Crippen LogP contribution < -0.4 is 10.6 Å². The van der Waals surface area contributed by atoms with Gasteiger partial charge >= 0.3 is 0 Å². The summed E-state index contributed by atoms with van der Waals surface area (Å²) in [7, 11) is 0. The molecule has 1 aliphatic rings. The maximum atomic E-state index is 11.5. The lowest BCUT2D eigenvalue weighted by molar-refractivity contribution is 0.0247. The standard InChI is InChI=1S/C13H20N4O2/c1-2-14-13(18)11-6-7-12(17-16-11)15-9-10-5-3-4-8-19-10/h6-7,10H,2-5,8-9H2,1H3,(H,14,18)(H,15,17). The van der Waals surface area contributed by atoms with Crippen LogP contribution >= 0.6 is 0 Å². The van der Waals surface area contributed by atoms with Crippen molar-refractivity contribution in [3.63, 3.8) is 0 Å². The zero-order chi connectivity index (χ0) is 13.5. The number of carbonyl (C=O) groups is 1. The Kier molecular flexibility index (Phi) is 5.09. The second kappa shape index (κ2) is 7.04. The van der Waals surface area contributed by atoms with E-state index in [4.69, 9.17) is 4.74 Å². The van der Waals surface area contributed by atoms with E-state index < -0.39 is 0 Å². The Hall–Kier alpha value is -1.69. The molecule has 6 nitrogen and oxygen atoms in total. The predicted octanol–water partition coefficient (Wildman–Crippen LogP) is 1.21. The van der Waals surface area contributed by atoms with Gasteiger partial charge in [-0.05, 0) is 38.3 Å². The second-order valence-corrected chi connectivity index (χ2v) is 4.53. The van der Waals surface area contributed by atoms with Crippen molar-refractivity contribution in [2.75, 3.05) is 25.0 Å². The molecule has 2 rings (SSSR count). The molecule has 0 saturated carbocycles. The molecule has 0 radical (unpaired) electrons. The van der Waals surface area contributed by atoms with Gasteiger partial charge in [0.25, 0.3) is 5.91 Å². The molecule has 2 heterocycles. The van der Waals surface area contributed by atoms with E-state index in [1.54, 1.807) is 12.1 Å². The van der Waals surface area contributed by atoms with Crippen molar-refractivity contribution in [3.05, 3.63) is 17.8 Å². The zero-order valence-electron chi connectivity index (χ0n) is 11.2. The van der Waals surface area contributed by atoms with Gasteiger partial charge in [0, 0.05) is 19.7 Å². The van der Waals surface area contributed by atoms with E-state index >= 15 is 0 Å². The first-order valence-electron chi connectivity index (χ1n) is 6.77. The number of anilines is 1. The van der Waals surface area contributed by atoms with Crippen molar-refractivity contribution in [2.24, 2.45) is 0 Å². The summed E-state index contributed by atoms with van der Waals surface area (Å²) in [6.07, 6.45) is 3.70. The van der Waals surface area contributed by atoms with Crippen LogP contribution in [-0.2, 0) is 4.74 Å². The first-order chi connectivity index (χ1) is 9.29. The van der Waals surface area contributed by atoms with Crippen LogP contribution in [0.3, 0.4) is 0 Å². The van der Waals surface area contributed by atoms with Gasteiger partial charge < -0.3 is 15.4 Å². The van der Waals surface area contributed by atoms with E-state index in [0.29, 0.717) is 18.1 Å². The molecule has 1 amide bonds. The van der Waals surface area contributed by atoms with Crippen LogP contribution in [0.4, 0.5) is 5.82 Å². The average Bonchev–Trinajstić information content (AvgIpc) is 2.47. The predicted molar refractivity (Wildman–Crippen MR) is 72.1 cm³/mol. The third-order valence-corrected chi connectivity index (χ3v) is 3.02. The van der Waals surface area contributed by atoms with Gasteiger partial charge in [0.1, 0.15) is 5.82 Å². The van der Waals surface area contributed by atoms with E-state index in [-0.39, 0.29) is 12.0 Å². The topological polar surface area (TPSA) is 76.1 Å². The first kappa shape index (κ1) is 13.7. The molecule has 2 N–H and O–H groups in total. The maximum Gasteiger partial charge on any atom is 0.271 e. The fourth-order valence-corrected chi connectivity index (χ4v) is 1.99. The molecule has 19 heavy (non-hydrogen) atoms. The maximum absolute atomic E-state index is 11.5. The Labute approximate surface area is 112 Å². The molecule has 1 fully saturated rings. The Morgan fingerprint density at radius 1 is 1.42 bits per heavy atom. The summed E-state index contributed by atoms with van der Waals surface area (Å²) < 4.78 is 5.62. The molecule has 1 unspecified atom stereocenters. The molecular weight excluding hydrogens is 244 g/mol. The van der Waals surface area contributed by atoms with Gasteiger partial charge in [0.05, 0.1) is 6.10 Å². The highest BCUT2D eigenvalue weighted by atomic mass is 16.5. The number of aromatic nitrogens is 2. The lowest BCUT2D eigenvalue weighted by Gasteiger charge is -2.22. The van der Waals surface area contributed by atoms with E-state index in [1.165, 1.54) is 6.42 Å². The summed E-state index contributed by atoms with van der Waals surface area (Å²) in [5, 5.41) is 13.7. The number of nitrogens with zero attached hydrogens (tertiary/aromatic N) is 2. The van der Waals surface area contributed by atoms with E-state index in [0.717, 1.165) is 26.0 Å². The minimum Gasteiger partial charge on any atom is -0.376 e. The van der Waals surface area contributed by atoms with Gasteiger partial charge in [-0.1, -0.05) is 0 Å². The Balaban J connectivity index is 1.82. The molecule has 104 valence electrons. The van der Waals surface area contributed by atoms with E-state index in [1.807, 2.05) is 6.92 Å². The summed E-state index contributed by atoms with van der Waals surface area (Å²) in [6.45, 7) is 4.02.